The third-order valence-electron chi connectivity index (χ3n) is 7.49. The van der Waals surface area contributed by atoms with Crippen LogP contribution >= 0.6 is 15.9 Å². The summed E-state index contributed by atoms with van der Waals surface area (Å²) in [5, 5.41) is 13.4. The Morgan fingerprint density at radius 2 is 2.05 bits per heavy atom. The summed E-state index contributed by atoms with van der Waals surface area (Å²) in [7, 11) is 0. The van der Waals surface area contributed by atoms with Crippen molar-refractivity contribution in [1.82, 2.24) is 34.5 Å². The third-order valence-corrected chi connectivity index (χ3v) is 8.08. The van der Waals surface area contributed by atoms with Crippen molar-refractivity contribution in [2.24, 2.45) is 11.8 Å². The predicted octanol–water partition coefficient (Wildman–Crippen LogP) is 5.39. The first-order valence-electron chi connectivity index (χ1n) is 12.8. The molecule has 0 radical (unpaired) electrons. The van der Waals surface area contributed by atoms with Gasteiger partial charge in [-0.15, -0.1) is 0 Å². The van der Waals surface area contributed by atoms with Crippen LogP contribution in [0, 0.1) is 17.7 Å². The Kier molecular flexibility index (Phi) is 5.68. The van der Waals surface area contributed by atoms with E-state index in [0.717, 1.165) is 43.2 Å². The quantitative estimate of drug-likeness (QED) is 0.291. The molecule has 4 aromatic heterocycles. The summed E-state index contributed by atoms with van der Waals surface area (Å²) in [4.78, 5) is 26.4. The number of benzene rings is 1. The van der Waals surface area contributed by atoms with Crippen molar-refractivity contribution < 1.29 is 9.18 Å². The molecule has 1 amide bonds. The topological polar surface area (TPSA) is 103 Å². The number of nitrogens with zero attached hydrogens (tertiary/aromatic N) is 7. The Balaban J connectivity index is 1.09. The Labute approximate surface area is 225 Å². The monoisotopic (exact) mass is 574 g/mol. The van der Waals surface area contributed by atoms with Crippen LogP contribution in [0.25, 0.3) is 27.6 Å². The summed E-state index contributed by atoms with van der Waals surface area (Å²) in [6.45, 7) is 0. The first-order valence-corrected chi connectivity index (χ1v) is 13.6. The molecule has 0 aliphatic heterocycles. The van der Waals surface area contributed by atoms with Crippen LogP contribution in [-0.4, -0.2) is 40.4 Å². The zero-order valence-corrected chi connectivity index (χ0v) is 22.0. The number of carbonyl (C=O) groups excluding carboxylic acids is 1. The van der Waals surface area contributed by atoms with Crippen molar-refractivity contribution in [3.05, 3.63) is 65.3 Å². The van der Waals surface area contributed by atoms with Gasteiger partial charge in [-0.2, -0.15) is 10.2 Å². The molecule has 5 aromatic rings. The van der Waals surface area contributed by atoms with Gasteiger partial charge in [-0.25, -0.2) is 19.0 Å². The zero-order valence-electron chi connectivity index (χ0n) is 20.4. The number of carbonyl (C=O) groups is 1. The van der Waals surface area contributed by atoms with E-state index >= 15 is 0 Å². The highest BCUT2D eigenvalue weighted by Gasteiger charge is 2.31. The molecule has 0 spiro atoms. The first kappa shape index (κ1) is 23.4. The van der Waals surface area contributed by atoms with Crippen LogP contribution in [0.3, 0.4) is 0 Å². The van der Waals surface area contributed by atoms with E-state index in [4.69, 9.17) is 4.98 Å². The van der Waals surface area contributed by atoms with Gasteiger partial charge >= 0.3 is 0 Å². The number of hydrogen-bond acceptors (Lipinski definition) is 6. The summed E-state index contributed by atoms with van der Waals surface area (Å²) in [6, 6.07) is 7.36. The number of halogens is 2. The molecule has 2 aliphatic rings. The van der Waals surface area contributed by atoms with Gasteiger partial charge in [-0.3, -0.25) is 14.5 Å². The molecule has 2 fully saturated rings. The van der Waals surface area contributed by atoms with E-state index in [-0.39, 0.29) is 11.8 Å². The fourth-order valence-corrected chi connectivity index (χ4v) is 5.82. The van der Waals surface area contributed by atoms with Crippen LogP contribution in [0.2, 0.25) is 0 Å². The molecule has 0 saturated heterocycles. The summed E-state index contributed by atoms with van der Waals surface area (Å²) >= 11 is 3.49. The third kappa shape index (κ3) is 4.34. The Morgan fingerprint density at radius 1 is 1.16 bits per heavy atom. The Bertz CT molecular complexity index is 1690. The number of aromatic nitrogens is 7. The van der Waals surface area contributed by atoms with Gasteiger partial charge in [-0.05, 0) is 66.1 Å². The van der Waals surface area contributed by atoms with Gasteiger partial charge in [0.1, 0.15) is 15.9 Å². The molecule has 7 rings (SSSR count). The van der Waals surface area contributed by atoms with Crippen LogP contribution in [0.15, 0.2) is 53.7 Å². The molecule has 38 heavy (non-hydrogen) atoms. The summed E-state index contributed by atoms with van der Waals surface area (Å²) in [5.41, 5.74) is 2.24. The average molecular weight is 575 g/mol. The van der Waals surface area contributed by atoms with Crippen molar-refractivity contribution in [2.45, 2.75) is 44.6 Å². The van der Waals surface area contributed by atoms with E-state index < -0.39 is 5.82 Å². The lowest BCUT2D eigenvalue weighted by Crippen LogP contribution is -2.20. The van der Waals surface area contributed by atoms with Gasteiger partial charge in [0, 0.05) is 42.4 Å². The van der Waals surface area contributed by atoms with E-state index in [1.807, 2.05) is 23.0 Å². The standard InChI is InChI=1S/C27H24BrFN8O/c28-25-21-13-31-23(34-26(21)37(35-25)20-10-16-2-1-7-30-24(16)22(29)11-20)9-15-3-4-17(8-15)27(38)33-18-12-32-36(14-18)19-5-6-19/h1-2,7,10-15,17,19H,3-6,8-9H2,(H,33,38)/t15-,17-/m1/s1. The van der Waals surface area contributed by atoms with Crippen LogP contribution in [-0.2, 0) is 11.2 Å². The van der Waals surface area contributed by atoms with E-state index in [0.29, 0.717) is 51.0 Å². The van der Waals surface area contributed by atoms with Crippen LogP contribution < -0.4 is 5.32 Å². The van der Waals surface area contributed by atoms with Crippen molar-refractivity contribution in [2.75, 3.05) is 5.32 Å². The minimum atomic E-state index is -0.415. The molecule has 1 aromatic carbocycles. The number of hydrogen-bond donors (Lipinski definition) is 1. The highest BCUT2D eigenvalue weighted by Crippen LogP contribution is 2.36. The maximum absolute atomic E-state index is 14.8. The van der Waals surface area contributed by atoms with Gasteiger partial charge in [0.25, 0.3) is 0 Å². The largest absolute Gasteiger partial charge is 0.323 e. The lowest BCUT2D eigenvalue weighted by molar-refractivity contribution is -0.119. The summed E-state index contributed by atoms with van der Waals surface area (Å²) in [5.74, 6) is 0.588. The summed E-state index contributed by atoms with van der Waals surface area (Å²) in [6.07, 6.45) is 12.5. The van der Waals surface area contributed by atoms with Gasteiger partial charge < -0.3 is 5.32 Å². The minimum absolute atomic E-state index is 0.0399. The Hall–Kier alpha value is -3.73. The smallest absolute Gasteiger partial charge is 0.227 e. The number of anilines is 1. The second-order valence-corrected chi connectivity index (χ2v) is 11.0. The molecule has 1 N–H and O–H groups in total. The molecule has 192 valence electrons. The van der Waals surface area contributed by atoms with E-state index in [1.165, 1.54) is 6.07 Å². The first-order chi connectivity index (χ1) is 18.5. The van der Waals surface area contributed by atoms with E-state index in [2.05, 4.69) is 41.4 Å². The highest BCUT2D eigenvalue weighted by molar-refractivity contribution is 9.10. The lowest BCUT2D eigenvalue weighted by atomic mass is 10.0. The van der Waals surface area contributed by atoms with E-state index in [9.17, 15) is 9.18 Å². The fraction of sp³-hybridized carbons (Fsp3) is 0.333. The summed E-state index contributed by atoms with van der Waals surface area (Å²) < 4.78 is 18.9. The minimum Gasteiger partial charge on any atom is -0.323 e. The number of nitrogens with one attached hydrogen (secondary N) is 1. The fourth-order valence-electron chi connectivity index (χ4n) is 5.38. The molecule has 4 heterocycles. The Morgan fingerprint density at radius 3 is 2.92 bits per heavy atom. The molecular formula is C27H24BrFN8O. The number of rotatable bonds is 6. The zero-order chi connectivity index (χ0) is 25.8. The molecule has 2 atom stereocenters. The maximum atomic E-state index is 14.8. The van der Waals surface area contributed by atoms with Crippen LogP contribution in [0.1, 0.15) is 44.0 Å². The van der Waals surface area contributed by atoms with Crippen molar-refractivity contribution in [3.63, 3.8) is 0 Å². The second kappa shape index (κ2) is 9.23. The maximum Gasteiger partial charge on any atom is 0.227 e. The highest BCUT2D eigenvalue weighted by atomic mass is 79.9. The van der Waals surface area contributed by atoms with Gasteiger partial charge in [0.05, 0.1) is 29.0 Å². The van der Waals surface area contributed by atoms with E-state index in [1.54, 1.807) is 29.3 Å². The SMILES string of the molecule is O=C(Nc1cnn(C2CC2)c1)[C@@H]1CC[C@@H](Cc2ncc3c(Br)nn(-c4cc(F)c5ncccc5c4)c3n2)C1. The lowest BCUT2D eigenvalue weighted by Gasteiger charge is -2.11. The molecular weight excluding hydrogens is 551 g/mol. The van der Waals surface area contributed by atoms with Gasteiger partial charge in [0.2, 0.25) is 5.91 Å². The molecule has 11 heteroatoms. The molecule has 2 aliphatic carbocycles. The van der Waals surface area contributed by atoms with Crippen LogP contribution in [0.5, 0.6) is 0 Å². The van der Waals surface area contributed by atoms with Crippen molar-refractivity contribution >= 4 is 49.5 Å². The van der Waals surface area contributed by atoms with Gasteiger partial charge in [-0.1, -0.05) is 6.07 Å². The predicted molar refractivity (Wildman–Crippen MR) is 143 cm³/mol. The number of amides is 1. The molecule has 9 nitrogen and oxygen atoms in total. The number of fused-ring (bicyclic) bond motifs is 2. The molecule has 2 saturated carbocycles. The number of pyridine rings is 1. The molecule has 0 unspecified atom stereocenters. The molecule has 0 bridgehead atoms. The van der Waals surface area contributed by atoms with Crippen molar-refractivity contribution in [3.8, 4) is 5.69 Å². The average Bonchev–Trinajstić information content (AvgIpc) is 3.32. The second-order valence-electron chi connectivity index (χ2n) is 10.2. The van der Waals surface area contributed by atoms with Gasteiger partial charge in [0.15, 0.2) is 11.5 Å². The van der Waals surface area contributed by atoms with Crippen LogP contribution in [0.4, 0.5) is 10.1 Å². The van der Waals surface area contributed by atoms with Crippen molar-refractivity contribution in [1.29, 1.82) is 0 Å². The normalized spacial score (nSPS) is 19.4.